The van der Waals surface area contributed by atoms with Gasteiger partial charge >= 0.3 is 0 Å². The average Bonchev–Trinajstić information content (AvgIpc) is 2.32. The summed E-state index contributed by atoms with van der Waals surface area (Å²) in [5, 5.41) is 0. The van der Waals surface area contributed by atoms with Gasteiger partial charge in [0.1, 0.15) is 0 Å². The first-order valence-corrected chi connectivity index (χ1v) is 6.66. The molecule has 0 spiro atoms. The predicted molar refractivity (Wildman–Crippen MR) is 72.5 cm³/mol. The van der Waals surface area contributed by atoms with Crippen molar-refractivity contribution in [3.8, 4) is 0 Å². The number of ketones is 1. The standard InChI is InChI=1S/C13H10BrNOS/c1-9(16)12-8-10(14)2-3-13(12)17-11-4-6-15-7-5-11/h2-8H,1H3. The SMILES string of the molecule is CC(=O)c1cc(Br)ccc1Sc1ccncc1. The Balaban J connectivity index is 2.36. The van der Waals surface area contributed by atoms with Gasteiger partial charge in [0.15, 0.2) is 5.78 Å². The molecule has 0 aliphatic carbocycles. The van der Waals surface area contributed by atoms with Crippen molar-refractivity contribution in [1.29, 1.82) is 0 Å². The third-order valence-corrected chi connectivity index (χ3v) is 3.78. The summed E-state index contributed by atoms with van der Waals surface area (Å²) in [7, 11) is 0. The summed E-state index contributed by atoms with van der Waals surface area (Å²) < 4.78 is 0.918. The van der Waals surface area contributed by atoms with E-state index in [0.29, 0.717) is 0 Å². The van der Waals surface area contributed by atoms with Crippen molar-refractivity contribution in [3.05, 3.63) is 52.8 Å². The van der Waals surface area contributed by atoms with Gasteiger partial charge in [-0.2, -0.15) is 0 Å². The van der Waals surface area contributed by atoms with Crippen LogP contribution in [0.1, 0.15) is 17.3 Å². The molecule has 0 unspecified atom stereocenters. The molecule has 0 saturated heterocycles. The average molecular weight is 308 g/mol. The molecule has 0 aliphatic rings. The minimum atomic E-state index is 0.0721. The van der Waals surface area contributed by atoms with Gasteiger partial charge in [-0.3, -0.25) is 9.78 Å². The van der Waals surface area contributed by atoms with Gasteiger partial charge in [0.05, 0.1) is 0 Å². The van der Waals surface area contributed by atoms with E-state index in [1.165, 1.54) is 0 Å². The van der Waals surface area contributed by atoms with Crippen molar-refractivity contribution in [3.63, 3.8) is 0 Å². The van der Waals surface area contributed by atoms with Crippen LogP contribution >= 0.6 is 27.7 Å². The molecule has 1 aromatic heterocycles. The minimum absolute atomic E-state index is 0.0721. The van der Waals surface area contributed by atoms with Crippen LogP contribution in [0.3, 0.4) is 0 Å². The highest BCUT2D eigenvalue weighted by Crippen LogP contribution is 2.31. The van der Waals surface area contributed by atoms with Crippen molar-refractivity contribution in [1.82, 2.24) is 4.98 Å². The van der Waals surface area contributed by atoms with Gasteiger partial charge < -0.3 is 0 Å². The molecule has 17 heavy (non-hydrogen) atoms. The molecule has 1 heterocycles. The summed E-state index contributed by atoms with van der Waals surface area (Å²) in [5.41, 5.74) is 0.737. The Bertz CT molecular complexity index is 542. The van der Waals surface area contributed by atoms with Crippen molar-refractivity contribution in [2.45, 2.75) is 16.7 Å². The third kappa shape index (κ3) is 3.17. The van der Waals surface area contributed by atoms with Crippen molar-refractivity contribution >= 4 is 33.5 Å². The second-order valence-corrected chi connectivity index (χ2v) is 5.51. The van der Waals surface area contributed by atoms with Gasteiger partial charge in [0.25, 0.3) is 0 Å². The number of aromatic nitrogens is 1. The van der Waals surface area contributed by atoms with Gasteiger partial charge in [-0.15, -0.1) is 0 Å². The van der Waals surface area contributed by atoms with Gasteiger partial charge in [-0.25, -0.2) is 0 Å². The zero-order valence-electron chi connectivity index (χ0n) is 9.18. The maximum absolute atomic E-state index is 11.6. The molecule has 0 amide bonds. The summed E-state index contributed by atoms with van der Waals surface area (Å²) in [6.07, 6.45) is 3.49. The van der Waals surface area contributed by atoms with Gasteiger partial charge in [0, 0.05) is 32.2 Å². The van der Waals surface area contributed by atoms with Crippen molar-refractivity contribution in [2.75, 3.05) is 0 Å². The summed E-state index contributed by atoms with van der Waals surface area (Å²) in [6, 6.07) is 9.60. The normalized spacial score (nSPS) is 10.2. The van der Waals surface area contributed by atoms with Crippen LogP contribution in [0, 0.1) is 0 Å². The fraction of sp³-hybridized carbons (Fsp3) is 0.0769. The van der Waals surface area contributed by atoms with E-state index in [2.05, 4.69) is 20.9 Å². The molecule has 4 heteroatoms. The zero-order valence-corrected chi connectivity index (χ0v) is 11.6. The molecule has 1 aromatic carbocycles. The first-order valence-electron chi connectivity index (χ1n) is 5.05. The Labute approximate surface area is 113 Å². The Morgan fingerprint density at radius 2 is 1.94 bits per heavy atom. The second kappa shape index (κ2) is 5.47. The van der Waals surface area contributed by atoms with Crippen molar-refractivity contribution < 1.29 is 4.79 Å². The van der Waals surface area contributed by atoms with E-state index >= 15 is 0 Å². The molecule has 2 rings (SSSR count). The predicted octanol–water partition coefficient (Wildman–Crippen LogP) is 4.20. The van der Waals surface area contributed by atoms with Gasteiger partial charge in [0.2, 0.25) is 0 Å². The molecule has 0 N–H and O–H groups in total. The number of carbonyl (C=O) groups excluding carboxylic acids is 1. The van der Waals surface area contributed by atoms with E-state index in [1.807, 2.05) is 30.3 Å². The summed E-state index contributed by atoms with van der Waals surface area (Å²) in [6.45, 7) is 1.58. The van der Waals surface area contributed by atoms with Gasteiger partial charge in [-0.1, -0.05) is 27.7 Å². The minimum Gasteiger partial charge on any atom is -0.294 e. The number of hydrogen-bond donors (Lipinski definition) is 0. The molecule has 2 aromatic rings. The van der Waals surface area contributed by atoms with E-state index < -0.39 is 0 Å². The summed E-state index contributed by atoms with van der Waals surface area (Å²) >= 11 is 4.95. The Kier molecular flexibility index (Phi) is 3.97. The third-order valence-electron chi connectivity index (χ3n) is 2.20. The van der Waals surface area contributed by atoms with E-state index in [4.69, 9.17) is 0 Å². The molecule has 86 valence electrons. The highest BCUT2D eigenvalue weighted by atomic mass is 79.9. The Morgan fingerprint density at radius 3 is 2.59 bits per heavy atom. The molecule has 0 bridgehead atoms. The van der Waals surface area contributed by atoms with E-state index in [1.54, 1.807) is 31.1 Å². The molecule has 0 aliphatic heterocycles. The van der Waals surface area contributed by atoms with Crippen LogP contribution < -0.4 is 0 Å². The quantitative estimate of drug-likeness (QED) is 0.796. The smallest absolute Gasteiger partial charge is 0.160 e. The number of nitrogens with zero attached hydrogens (tertiary/aromatic N) is 1. The van der Waals surface area contributed by atoms with Crippen LogP contribution in [0.4, 0.5) is 0 Å². The maximum Gasteiger partial charge on any atom is 0.160 e. The Hall–Kier alpha value is -1.13. The molecule has 0 fully saturated rings. The number of benzene rings is 1. The lowest BCUT2D eigenvalue weighted by molar-refractivity contribution is 0.101. The van der Waals surface area contributed by atoms with Crippen LogP contribution in [-0.4, -0.2) is 10.8 Å². The van der Waals surface area contributed by atoms with Crippen LogP contribution in [-0.2, 0) is 0 Å². The fourth-order valence-electron chi connectivity index (χ4n) is 1.40. The number of Topliss-reactive ketones (excluding diaryl/α,β-unsaturated/α-hetero) is 1. The van der Waals surface area contributed by atoms with Crippen LogP contribution in [0.15, 0.2) is 57.0 Å². The first-order chi connectivity index (χ1) is 8.16. The number of rotatable bonds is 3. The maximum atomic E-state index is 11.6. The molecule has 2 nitrogen and oxygen atoms in total. The van der Waals surface area contributed by atoms with Crippen LogP contribution in [0.25, 0.3) is 0 Å². The highest BCUT2D eigenvalue weighted by Gasteiger charge is 2.09. The lowest BCUT2D eigenvalue weighted by atomic mass is 10.1. The summed E-state index contributed by atoms with van der Waals surface area (Å²) in [5.74, 6) is 0.0721. The topological polar surface area (TPSA) is 30.0 Å². The Morgan fingerprint density at radius 1 is 1.24 bits per heavy atom. The van der Waals surface area contributed by atoms with E-state index in [0.717, 1.165) is 19.8 Å². The van der Waals surface area contributed by atoms with Crippen LogP contribution in [0.2, 0.25) is 0 Å². The van der Waals surface area contributed by atoms with Gasteiger partial charge in [-0.05, 0) is 37.3 Å². The summed E-state index contributed by atoms with van der Waals surface area (Å²) in [4.78, 5) is 17.6. The molecule has 0 saturated carbocycles. The number of pyridine rings is 1. The zero-order chi connectivity index (χ0) is 12.3. The molecular weight excluding hydrogens is 298 g/mol. The number of carbonyl (C=O) groups is 1. The molecular formula is C13H10BrNOS. The van der Waals surface area contributed by atoms with Crippen LogP contribution in [0.5, 0.6) is 0 Å². The monoisotopic (exact) mass is 307 g/mol. The largest absolute Gasteiger partial charge is 0.294 e. The molecule has 0 atom stereocenters. The first kappa shape index (κ1) is 12.3. The lowest BCUT2D eigenvalue weighted by Gasteiger charge is -2.06. The van der Waals surface area contributed by atoms with Crippen molar-refractivity contribution in [2.24, 2.45) is 0 Å². The van der Waals surface area contributed by atoms with E-state index in [-0.39, 0.29) is 5.78 Å². The number of hydrogen-bond acceptors (Lipinski definition) is 3. The second-order valence-electron chi connectivity index (χ2n) is 3.48. The van der Waals surface area contributed by atoms with E-state index in [9.17, 15) is 4.79 Å². The fourth-order valence-corrected chi connectivity index (χ4v) is 2.72. The highest BCUT2D eigenvalue weighted by molar-refractivity contribution is 9.10. The number of halogens is 1. The molecule has 0 radical (unpaired) electrons. The lowest BCUT2D eigenvalue weighted by Crippen LogP contribution is -1.94.